The maximum Gasteiger partial charge on any atom is 0.335 e. The Bertz CT molecular complexity index is 1650. The Morgan fingerprint density at radius 2 is 1.71 bits per heavy atom. The fraction of sp³-hybridized carbons (Fsp3) is 0.241. The lowest BCUT2D eigenvalue weighted by molar-refractivity contribution is -0.166. The summed E-state index contributed by atoms with van der Waals surface area (Å²) in [4.78, 5) is 52.5. The van der Waals surface area contributed by atoms with E-state index in [1.165, 1.54) is 61.5 Å². The second-order valence-electron chi connectivity index (χ2n) is 10.4. The summed E-state index contributed by atoms with van der Waals surface area (Å²) < 4.78 is 0. The van der Waals surface area contributed by atoms with Crippen molar-refractivity contribution >= 4 is 40.9 Å². The van der Waals surface area contributed by atoms with Crippen molar-refractivity contribution in [2.24, 2.45) is 17.6 Å². The average Bonchev–Trinajstić information content (AvgIpc) is 2.90. The maximum absolute atomic E-state index is 14.1. The summed E-state index contributed by atoms with van der Waals surface area (Å²) in [5, 5.41) is 66.1. The Labute approximate surface area is 232 Å². The van der Waals surface area contributed by atoms with Gasteiger partial charge >= 0.3 is 5.97 Å². The number of carbonyl (C=O) groups excluding carboxylic acids is 3. The van der Waals surface area contributed by atoms with E-state index in [0.29, 0.717) is 5.56 Å². The number of carboxylic acids is 1. The Balaban J connectivity index is 1.85. The number of phenols is 1. The second-order valence-corrected chi connectivity index (χ2v) is 10.4. The molecule has 0 unspecified atom stereocenters. The number of carboxylic acid groups (broad SMARTS) is 1. The molecule has 0 radical (unpaired) electrons. The summed E-state index contributed by atoms with van der Waals surface area (Å²) in [6.07, 6.45) is -0.380. The molecule has 0 aromatic heterocycles. The molecule has 0 bridgehead atoms. The quantitative estimate of drug-likeness (QED) is 0.256. The molecular formula is C29H26N2O10. The molecule has 3 aliphatic rings. The van der Waals surface area contributed by atoms with Crippen LogP contribution in [0.1, 0.15) is 27.0 Å². The van der Waals surface area contributed by atoms with E-state index in [4.69, 9.17) is 5.73 Å². The number of primary amides is 1. The largest absolute Gasteiger partial charge is 0.508 e. The third-order valence-corrected chi connectivity index (χ3v) is 7.99. The van der Waals surface area contributed by atoms with Gasteiger partial charge in [-0.1, -0.05) is 30.3 Å². The molecule has 2 aromatic rings. The monoisotopic (exact) mass is 562 g/mol. The first-order chi connectivity index (χ1) is 19.2. The Morgan fingerprint density at radius 3 is 2.32 bits per heavy atom. The predicted octanol–water partition coefficient (Wildman–Crippen LogP) is 0.631. The number of rotatable bonds is 4. The number of fused-ring (bicyclic) bond motifs is 3. The molecule has 1 amide bonds. The second kappa shape index (κ2) is 9.41. The van der Waals surface area contributed by atoms with Gasteiger partial charge in [0.2, 0.25) is 5.78 Å². The fourth-order valence-corrected chi connectivity index (χ4v) is 6.25. The molecule has 8 N–H and O–H groups in total. The van der Waals surface area contributed by atoms with Gasteiger partial charge in [0.25, 0.3) is 5.91 Å². The van der Waals surface area contributed by atoms with Gasteiger partial charge in [0.1, 0.15) is 22.8 Å². The number of hydrogen-bond donors (Lipinski definition) is 7. The predicted molar refractivity (Wildman–Crippen MR) is 143 cm³/mol. The number of nitrogens with zero attached hydrogens (tertiary/aromatic N) is 1. The van der Waals surface area contributed by atoms with Crippen LogP contribution in [0.25, 0.3) is 17.4 Å². The van der Waals surface area contributed by atoms with Crippen molar-refractivity contribution in [3.63, 3.8) is 0 Å². The van der Waals surface area contributed by atoms with Crippen LogP contribution < -0.4 is 5.73 Å². The van der Waals surface area contributed by atoms with Crippen LogP contribution in [-0.2, 0) is 14.4 Å². The molecule has 1 saturated carbocycles. The summed E-state index contributed by atoms with van der Waals surface area (Å²) in [7, 11) is 2.82. The fourth-order valence-electron chi connectivity index (χ4n) is 6.25. The van der Waals surface area contributed by atoms with Crippen molar-refractivity contribution in [2.75, 3.05) is 14.1 Å². The number of amides is 1. The normalized spacial score (nSPS) is 28.5. The number of Topliss-reactive ketones (excluding diaryl/α,β-unsaturated/α-hetero) is 2. The van der Waals surface area contributed by atoms with Gasteiger partial charge in [-0.05, 0) is 49.0 Å². The molecule has 0 heterocycles. The zero-order valence-electron chi connectivity index (χ0n) is 21.8. The number of aliphatic hydroxyl groups is 4. The first kappa shape index (κ1) is 27.8. The number of aliphatic hydroxyl groups excluding tert-OH is 3. The van der Waals surface area contributed by atoms with Crippen molar-refractivity contribution in [1.29, 1.82) is 0 Å². The first-order valence-corrected chi connectivity index (χ1v) is 12.4. The van der Waals surface area contributed by atoms with Gasteiger partial charge in [-0.15, -0.1) is 0 Å². The van der Waals surface area contributed by atoms with Crippen LogP contribution in [0.2, 0.25) is 0 Å². The molecule has 212 valence electrons. The zero-order chi connectivity index (χ0) is 30.1. The smallest absolute Gasteiger partial charge is 0.335 e. The van der Waals surface area contributed by atoms with Gasteiger partial charge in [0.05, 0.1) is 34.8 Å². The van der Waals surface area contributed by atoms with Gasteiger partial charge < -0.3 is 36.4 Å². The summed E-state index contributed by atoms with van der Waals surface area (Å²) >= 11 is 0. The topological polar surface area (TPSA) is 219 Å². The van der Waals surface area contributed by atoms with Gasteiger partial charge in [0, 0.05) is 5.92 Å². The van der Waals surface area contributed by atoms with Gasteiger partial charge in [-0.25, -0.2) is 4.79 Å². The number of nitrogens with two attached hydrogens (primary N) is 1. The minimum Gasteiger partial charge on any atom is -0.508 e. The lowest BCUT2D eigenvalue weighted by atomic mass is 9.55. The molecule has 1 fully saturated rings. The molecule has 12 heteroatoms. The van der Waals surface area contributed by atoms with Crippen molar-refractivity contribution in [1.82, 2.24) is 4.90 Å². The highest BCUT2D eigenvalue weighted by atomic mass is 16.4. The third-order valence-electron chi connectivity index (χ3n) is 7.99. The standard InChI is InChI=1S/C29H26N2O10/c1-31(2)21-20-23(34)17-14(10-11-5-3-6-12(9-11)28(39)40)13-7-4-8-15(32)16(13)22(33)18(17)25(36)29(20,41)26(37)19(24(21)35)27(30)38/h3-10,17,20-21,23,32-34,37,41H,1-2H3,(H2,30,38)(H,39,40)/b14-10+/t17-,20-,21+,23+,29+/m1/s1. The number of carbonyl (C=O) groups is 4. The van der Waals surface area contributed by atoms with E-state index in [0.717, 1.165) is 0 Å². The highest BCUT2D eigenvalue weighted by molar-refractivity contribution is 6.25. The molecule has 41 heavy (non-hydrogen) atoms. The van der Waals surface area contributed by atoms with Gasteiger partial charge in [-0.3, -0.25) is 19.3 Å². The first-order valence-electron chi connectivity index (χ1n) is 12.4. The van der Waals surface area contributed by atoms with E-state index >= 15 is 0 Å². The van der Waals surface area contributed by atoms with Crippen LogP contribution >= 0.6 is 0 Å². The van der Waals surface area contributed by atoms with Crippen LogP contribution in [0.3, 0.4) is 0 Å². The zero-order valence-corrected chi connectivity index (χ0v) is 21.8. The minimum absolute atomic E-state index is 0.0564. The van der Waals surface area contributed by atoms with E-state index in [2.05, 4.69) is 0 Å². The number of hydrogen-bond acceptors (Lipinski definition) is 10. The van der Waals surface area contributed by atoms with E-state index < -0.39 is 81.4 Å². The van der Waals surface area contributed by atoms with Crippen molar-refractivity contribution < 1.29 is 49.8 Å². The number of aromatic hydroxyl groups is 1. The summed E-state index contributed by atoms with van der Waals surface area (Å²) in [5.41, 5.74) is 1.08. The molecule has 5 atom stereocenters. The summed E-state index contributed by atoms with van der Waals surface area (Å²) in [5.74, 6) is -10.7. The highest BCUT2D eigenvalue weighted by Gasteiger charge is 2.68. The van der Waals surface area contributed by atoms with Crippen molar-refractivity contribution in [3.05, 3.63) is 81.6 Å². The van der Waals surface area contributed by atoms with Crippen LogP contribution in [0, 0.1) is 11.8 Å². The molecule has 3 aliphatic carbocycles. The molecule has 0 spiro atoms. The number of aromatic carboxylic acids is 1. The third kappa shape index (κ3) is 3.79. The minimum atomic E-state index is -3.05. The Hall–Kier alpha value is -4.78. The van der Waals surface area contributed by atoms with Gasteiger partial charge in [-0.2, -0.15) is 0 Å². The maximum atomic E-state index is 14.1. The molecule has 12 nitrogen and oxygen atoms in total. The Kier molecular flexibility index (Phi) is 6.37. The molecule has 5 rings (SSSR count). The lowest BCUT2D eigenvalue weighted by Gasteiger charge is -2.53. The number of likely N-dealkylation sites (N-methyl/N-ethyl adjacent to an activating group) is 1. The highest BCUT2D eigenvalue weighted by Crippen LogP contribution is 2.56. The van der Waals surface area contributed by atoms with E-state index in [1.54, 1.807) is 6.07 Å². The van der Waals surface area contributed by atoms with E-state index in [9.17, 15) is 49.8 Å². The molecule has 0 aliphatic heterocycles. The number of benzene rings is 2. The van der Waals surface area contributed by atoms with Gasteiger partial charge in [0.15, 0.2) is 11.4 Å². The average molecular weight is 563 g/mol. The molecule has 2 aromatic carbocycles. The van der Waals surface area contributed by atoms with Crippen LogP contribution in [0.5, 0.6) is 5.75 Å². The number of phenolic OH excluding ortho intramolecular Hbond substituents is 1. The van der Waals surface area contributed by atoms with E-state index in [-0.39, 0.29) is 22.3 Å². The Morgan fingerprint density at radius 1 is 1.05 bits per heavy atom. The molecular weight excluding hydrogens is 536 g/mol. The summed E-state index contributed by atoms with van der Waals surface area (Å²) in [6, 6.07) is 8.44. The SMILES string of the molecule is CN(C)[C@@H]1C(=O)C(C(N)=O)=C(O)[C@@]2(O)C(=O)C3=C(O)c4c(O)cccc4/C(=C\c4cccc(C(=O)O)c4)[C@H]3[C@H](O)[C@@H]12. The summed E-state index contributed by atoms with van der Waals surface area (Å²) in [6.45, 7) is 0. The van der Waals surface area contributed by atoms with Crippen molar-refractivity contribution in [3.8, 4) is 5.75 Å². The van der Waals surface area contributed by atoms with Crippen LogP contribution in [0.15, 0.2) is 59.4 Å². The van der Waals surface area contributed by atoms with E-state index in [1.807, 2.05) is 0 Å². The van der Waals surface area contributed by atoms with Crippen molar-refractivity contribution in [2.45, 2.75) is 17.7 Å². The number of ketones is 2. The van der Waals surface area contributed by atoms with Crippen LogP contribution in [0.4, 0.5) is 0 Å². The lowest BCUT2D eigenvalue weighted by Crippen LogP contribution is -2.70. The van der Waals surface area contributed by atoms with Crippen LogP contribution in [-0.4, -0.2) is 90.8 Å². The molecule has 0 saturated heterocycles.